The van der Waals surface area contributed by atoms with Crippen molar-refractivity contribution in [2.75, 3.05) is 27.3 Å². The van der Waals surface area contributed by atoms with Gasteiger partial charge in [0.25, 0.3) is 0 Å². The number of methoxy groups -OCH3 is 2. The van der Waals surface area contributed by atoms with E-state index in [0.717, 1.165) is 13.1 Å². The summed E-state index contributed by atoms with van der Waals surface area (Å²) >= 11 is 0. The summed E-state index contributed by atoms with van der Waals surface area (Å²) in [5.41, 5.74) is 0.883. The van der Waals surface area contributed by atoms with Gasteiger partial charge in [-0.15, -0.1) is 0 Å². The molecule has 0 radical (unpaired) electrons. The maximum absolute atomic E-state index is 11.7. The third-order valence-electron chi connectivity index (χ3n) is 2.79. The second kappa shape index (κ2) is 7.41. The summed E-state index contributed by atoms with van der Waals surface area (Å²) in [4.78, 5) is 18.1. The minimum absolute atomic E-state index is 0.394. The molecule has 0 N–H and O–H groups in total. The van der Waals surface area contributed by atoms with Crippen molar-refractivity contribution < 1.29 is 14.3 Å². The monoisotopic (exact) mass is 264 g/mol. The van der Waals surface area contributed by atoms with Gasteiger partial charge in [0.2, 0.25) is 0 Å². The summed E-state index contributed by atoms with van der Waals surface area (Å²) in [5.74, 6) is 0.122. The summed E-state index contributed by atoms with van der Waals surface area (Å²) in [6.07, 6.45) is 1.71. The Morgan fingerprint density at radius 3 is 2.53 bits per heavy atom. The number of para-hydroxylation sites is 1. The topological polar surface area (TPSA) is 51.1 Å². The van der Waals surface area contributed by atoms with Crippen LogP contribution in [0.15, 0.2) is 23.2 Å². The molecule has 0 amide bonds. The highest BCUT2D eigenvalue weighted by Gasteiger charge is 2.15. The van der Waals surface area contributed by atoms with Crippen molar-refractivity contribution in [2.24, 2.45) is 4.99 Å². The van der Waals surface area contributed by atoms with Crippen molar-refractivity contribution in [2.45, 2.75) is 13.8 Å². The van der Waals surface area contributed by atoms with Crippen molar-refractivity contribution in [3.05, 3.63) is 23.8 Å². The second-order valence-electron chi connectivity index (χ2n) is 3.81. The van der Waals surface area contributed by atoms with Crippen molar-refractivity contribution in [3.63, 3.8) is 0 Å². The number of benzene rings is 1. The van der Waals surface area contributed by atoms with Crippen LogP contribution in [-0.2, 0) is 4.74 Å². The molecule has 0 heterocycles. The smallest absolute Gasteiger partial charge is 0.340 e. The number of carbonyl (C=O) groups is 1. The van der Waals surface area contributed by atoms with E-state index in [0.29, 0.717) is 17.0 Å². The van der Waals surface area contributed by atoms with Gasteiger partial charge in [0.15, 0.2) is 0 Å². The molecule has 0 unspecified atom stereocenters. The molecule has 0 saturated carbocycles. The molecule has 0 atom stereocenters. The molecule has 0 fully saturated rings. The Morgan fingerprint density at radius 2 is 2.00 bits per heavy atom. The number of ether oxygens (including phenoxy) is 2. The Kier molecular flexibility index (Phi) is 5.85. The van der Waals surface area contributed by atoms with Gasteiger partial charge in [0.1, 0.15) is 11.4 Å². The van der Waals surface area contributed by atoms with Gasteiger partial charge < -0.3 is 14.4 Å². The predicted molar refractivity (Wildman–Crippen MR) is 75.4 cm³/mol. The van der Waals surface area contributed by atoms with Gasteiger partial charge in [-0.3, -0.25) is 0 Å². The van der Waals surface area contributed by atoms with Crippen LogP contribution in [0.3, 0.4) is 0 Å². The van der Waals surface area contributed by atoms with E-state index in [-0.39, 0.29) is 0 Å². The number of hydrogen-bond donors (Lipinski definition) is 0. The number of carbonyl (C=O) groups excluding carboxylic acids is 1. The Hall–Kier alpha value is -2.04. The van der Waals surface area contributed by atoms with E-state index in [2.05, 4.69) is 4.99 Å². The quantitative estimate of drug-likeness (QED) is 0.450. The van der Waals surface area contributed by atoms with Crippen LogP contribution in [0.4, 0.5) is 5.69 Å². The zero-order valence-corrected chi connectivity index (χ0v) is 11.8. The van der Waals surface area contributed by atoms with Gasteiger partial charge in [-0.05, 0) is 26.0 Å². The highest BCUT2D eigenvalue weighted by atomic mass is 16.5. The zero-order valence-electron chi connectivity index (χ0n) is 11.8. The lowest BCUT2D eigenvalue weighted by Gasteiger charge is -2.14. The van der Waals surface area contributed by atoms with E-state index >= 15 is 0 Å². The molecule has 0 aliphatic heterocycles. The predicted octanol–water partition coefficient (Wildman–Crippen LogP) is 2.48. The van der Waals surface area contributed by atoms with E-state index in [1.54, 1.807) is 31.6 Å². The van der Waals surface area contributed by atoms with Gasteiger partial charge >= 0.3 is 5.97 Å². The first kappa shape index (κ1) is 15.0. The molecule has 1 aromatic carbocycles. The van der Waals surface area contributed by atoms with E-state index in [4.69, 9.17) is 9.47 Å². The molecule has 0 aromatic heterocycles. The molecule has 1 aromatic rings. The molecule has 5 nitrogen and oxygen atoms in total. The molecule has 0 aliphatic rings. The van der Waals surface area contributed by atoms with Crippen LogP contribution in [0.1, 0.15) is 24.2 Å². The lowest BCUT2D eigenvalue weighted by atomic mass is 10.1. The summed E-state index contributed by atoms with van der Waals surface area (Å²) < 4.78 is 9.99. The molecule has 104 valence electrons. The minimum atomic E-state index is -0.425. The van der Waals surface area contributed by atoms with E-state index in [1.165, 1.54) is 7.11 Å². The molecule has 0 bridgehead atoms. The summed E-state index contributed by atoms with van der Waals surface area (Å²) in [7, 11) is 2.90. The van der Waals surface area contributed by atoms with Crippen LogP contribution >= 0.6 is 0 Å². The average molecular weight is 264 g/mol. The summed E-state index contributed by atoms with van der Waals surface area (Å²) in [6.45, 7) is 5.78. The fourth-order valence-electron chi connectivity index (χ4n) is 1.62. The van der Waals surface area contributed by atoms with Gasteiger partial charge in [0.05, 0.1) is 26.1 Å². The second-order valence-corrected chi connectivity index (χ2v) is 3.81. The first-order valence-corrected chi connectivity index (χ1v) is 6.21. The third kappa shape index (κ3) is 3.71. The Balaban J connectivity index is 3.18. The summed E-state index contributed by atoms with van der Waals surface area (Å²) in [6, 6.07) is 5.17. The molecule has 5 heteroatoms. The van der Waals surface area contributed by atoms with Crippen LogP contribution in [-0.4, -0.2) is 44.5 Å². The van der Waals surface area contributed by atoms with Crippen LogP contribution in [0.25, 0.3) is 0 Å². The van der Waals surface area contributed by atoms with Crippen molar-refractivity contribution >= 4 is 18.0 Å². The lowest BCUT2D eigenvalue weighted by molar-refractivity contribution is 0.0601. The van der Waals surface area contributed by atoms with Gasteiger partial charge in [-0.1, -0.05) is 6.07 Å². The van der Waals surface area contributed by atoms with E-state index in [9.17, 15) is 4.79 Å². The van der Waals surface area contributed by atoms with Crippen LogP contribution in [0.5, 0.6) is 5.75 Å². The van der Waals surface area contributed by atoms with E-state index in [1.807, 2.05) is 18.7 Å². The fourth-order valence-corrected chi connectivity index (χ4v) is 1.62. The standard InChI is InChI=1S/C14H20N2O3/c1-5-16(6-2)10-15-13-11(14(17)19-4)8-7-9-12(13)18-3/h7-10H,5-6H2,1-4H3/b15-10+. The minimum Gasteiger partial charge on any atom is -0.494 e. The van der Waals surface area contributed by atoms with Crippen molar-refractivity contribution in [1.82, 2.24) is 4.90 Å². The maximum atomic E-state index is 11.7. The largest absolute Gasteiger partial charge is 0.494 e. The van der Waals surface area contributed by atoms with Gasteiger partial charge in [-0.25, -0.2) is 9.79 Å². The molecular weight excluding hydrogens is 244 g/mol. The number of nitrogens with zero attached hydrogens (tertiary/aromatic N) is 2. The Labute approximate surface area is 113 Å². The van der Waals surface area contributed by atoms with E-state index < -0.39 is 5.97 Å². The summed E-state index contributed by atoms with van der Waals surface area (Å²) in [5, 5.41) is 0. The van der Waals surface area contributed by atoms with Crippen LogP contribution in [0, 0.1) is 0 Å². The molecule has 0 saturated heterocycles. The zero-order chi connectivity index (χ0) is 14.3. The molecule has 1 rings (SSSR count). The number of hydrogen-bond acceptors (Lipinski definition) is 4. The third-order valence-corrected chi connectivity index (χ3v) is 2.79. The lowest BCUT2D eigenvalue weighted by Crippen LogP contribution is -2.20. The Bertz CT molecular complexity index is 454. The first-order valence-electron chi connectivity index (χ1n) is 6.21. The molecular formula is C14H20N2O3. The van der Waals surface area contributed by atoms with Gasteiger partial charge in [-0.2, -0.15) is 0 Å². The normalized spacial score (nSPS) is 10.5. The SMILES string of the molecule is CCN(/C=N/c1c(OC)cccc1C(=O)OC)CC. The number of rotatable bonds is 6. The van der Waals surface area contributed by atoms with Crippen molar-refractivity contribution in [3.8, 4) is 5.75 Å². The highest BCUT2D eigenvalue weighted by molar-refractivity contribution is 5.97. The fraction of sp³-hybridized carbons (Fsp3) is 0.429. The molecule has 0 spiro atoms. The Morgan fingerprint density at radius 1 is 1.32 bits per heavy atom. The first-order chi connectivity index (χ1) is 9.17. The maximum Gasteiger partial charge on any atom is 0.340 e. The number of esters is 1. The number of aliphatic imine (C=N–C) groups is 1. The van der Waals surface area contributed by atoms with Crippen LogP contribution < -0.4 is 4.74 Å². The van der Waals surface area contributed by atoms with Gasteiger partial charge in [0, 0.05) is 13.1 Å². The molecule has 19 heavy (non-hydrogen) atoms. The van der Waals surface area contributed by atoms with Crippen molar-refractivity contribution in [1.29, 1.82) is 0 Å². The average Bonchev–Trinajstić information content (AvgIpc) is 2.47. The highest BCUT2D eigenvalue weighted by Crippen LogP contribution is 2.31. The van der Waals surface area contributed by atoms with Crippen LogP contribution in [0.2, 0.25) is 0 Å². The molecule has 0 aliphatic carbocycles.